The van der Waals surface area contributed by atoms with E-state index in [1.165, 1.54) is 38.4 Å². The van der Waals surface area contributed by atoms with Crippen molar-refractivity contribution in [2.75, 3.05) is 19.4 Å². The molecule has 0 aliphatic heterocycles. The molecule has 0 saturated carbocycles. The molecular weight excluding hydrogens is 302 g/mol. The van der Waals surface area contributed by atoms with Crippen LogP contribution in [0.1, 0.15) is 16.1 Å². The van der Waals surface area contributed by atoms with Gasteiger partial charge in [-0.05, 0) is 43.3 Å². The van der Waals surface area contributed by atoms with Crippen molar-refractivity contribution in [3.63, 3.8) is 0 Å². The Morgan fingerprint density at radius 2 is 1.77 bits per heavy atom. The zero-order chi connectivity index (χ0) is 16.3. The average molecular weight is 319 g/mol. The number of anilines is 1. The highest BCUT2D eigenvalue weighted by Crippen LogP contribution is 2.15. The molecule has 2 rings (SSSR count). The Morgan fingerprint density at radius 1 is 1.14 bits per heavy atom. The van der Waals surface area contributed by atoms with E-state index < -0.39 is 10.0 Å². The van der Waals surface area contributed by atoms with Gasteiger partial charge in [0.1, 0.15) is 0 Å². The first-order valence-corrected chi connectivity index (χ1v) is 8.01. The predicted molar refractivity (Wildman–Crippen MR) is 84.2 cm³/mol. The molecule has 0 radical (unpaired) electrons. The molecule has 0 fully saturated rings. The number of rotatable bonds is 4. The Morgan fingerprint density at radius 3 is 2.32 bits per heavy atom. The number of aryl methyl sites for hydroxylation is 1. The standard InChI is InChI=1S/C15H17N3O3S/c1-11-10-13(8-9-16-11)17-15(19)12-4-6-14(7-5-12)22(20,21)18(2)3/h4-10H,1-3H3,(H,16,17,19). The molecule has 2 aromatic rings. The van der Waals surface area contributed by atoms with Crippen LogP contribution in [0.15, 0.2) is 47.5 Å². The molecule has 1 heterocycles. The first-order chi connectivity index (χ1) is 10.3. The maximum absolute atomic E-state index is 12.1. The molecule has 1 aromatic heterocycles. The molecule has 0 bridgehead atoms. The second kappa shape index (κ2) is 6.25. The van der Waals surface area contributed by atoms with Gasteiger partial charge in [-0.3, -0.25) is 9.78 Å². The lowest BCUT2D eigenvalue weighted by molar-refractivity contribution is 0.102. The van der Waals surface area contributed by atoms with Crippen molar-refractivity contribution < 1.29 is 13.2 Å². The van der Waals surface area contributed by atoms with Crippen molar-refractivity contribution in [2.24, 2.45) is 0 Å². The van der Waals surface area contributed by atoms with Crippen LogP contribution < -0.4 is 5.32 Å². The van der Waals surface area contributed by atoms with Crippen LogP contribution in [0.25, 0.3) is 0 Å². The normalized spacial score (nSPS) is 11.5. The predicted octanol–water partition coefficient (Wildman–Crippen LogP) is 1.89. The highest BCUT2D eigenvalue weighted by molar-refractivity contribution is 7.89. The van der Waals surface area contributed by atoms with Gasteiger partial charge in [-0.1, -0.05) is 0 Å². The molecule has 116 valence electrons. The largest absolute Gasteiger partial charge is 0.322 e. The lowest BCUT2D eigenvalue weighted by Gasteiger charge is -2.11. The van der Waals surface area contributed by atoms with E-state index in [0.717, 1.165) is 10.00 Å². The third-order valence-corrected chi connectivity index (χ3v) is 4.88. The maximum atomic E-state index is 12.1. The number of nitrogens with zero attached hydrogens (tertiary/aromatic N) is 2. The van der Waals surface area contributed by atoms with Gasteiger partial charge in [0.25, 0.3) is 5.91 Å². The highest BCUT2D eigenvalue weighted by atomic mass is 32.2. The molecule has 0 atom stereocenters. The third-order valence-electron chi connectivity index (χ3n) is 3.05. The van der Waals surface area contributed by atoms with Gasteiger partial charge in [-0.25, -0.2) is 12.7 Å². The van der Waals surface area contributed by atoms with Crippen LogP contribution in [0, 0.1) is 6.92 Å². The fraction of sp³-hybridized carbons (Fsp3) is 0.200. The number of nitrogens with one attached hydrogen (secondary N) is 1. The average Bonchev–Trinajstić information content (AvgIpc) is 2.47. The quantitative estimate of drug-likeness (QED) is 0.933. The van der Waals surface area contributed by atoms with Crippen molar-refractivity contribution in [2.45, 2.75) is 11.8 Å². The van der Waals surface area contributed by atoms with E-state index in [9.17, 15) is 13.2 Å². The summed E-state index contributed by atoms with van der Waals surface area (Å²) in [5.41, 5.74) is 1.82. The van der Waals surface area contributed by atoms with Crippen LogP contribution in [0.4, 0.5) is 5.69 Å². The highest BCUT2D eigenvalue weighted by Gasteiger charge is 2.17. The monoisotopic (exact) mass is 319 g/mol. The number of carbonyl (C=O) groups is 1. The van der Waals surface area contributed by atoms with Crippen LogP contribution in [0.3, 0.4) is 0 Å². The molecule has 1 amide bonds. The second-order valence-electron chi connectivity index (χ2n) is 4.95. The minimum atomic E-state index is -3.49. The van der Waals surface area contributed by atoms with E-state index in [1.54, 1.807) is 18.3 Å². The molecule has 0 aliphatic rings. The van der Waals surface area contributed by atoms with Gasteiger partial charge in [0.15, 0.2) is 0 Å². The van der Waals surface area contributed by atoms with Gasteiger partial charge in [0, 0.05) is 37.2 Å². The van der Waals surface area contributed by atoms with Crippen LogP contribution in [-0.2, 0) is 10.0 Å². The number of carbonyl (C=O) groups excluding carboxylic acids is 1. The Kier molecular flexibility index (Phi) is 4.58. The van der Waals surface area contributed by atoms with Crippen LogP contribution in [0.2, 0.25) is 0 Å². The summed E-state index contributed by atoms with van der Waals surface area (Å²) in [5, 5.41) is 2.74. The zero-order valence-corrected chi connectivity index (χ0v) is 13.4. The molecule has 22 heavy (non-hydrogen) atoms. The molecule has 0 saturated heterocycles. The molecule has 1 aromatic carbocycles. The smallest absolute Gasteiger partial charge is 0.255 e. The first kappa shape index (κ1) is 16.1. The Labute approximate surface area is 129 Å². The summed E-state index contributed by atoms with van der Waals surface area (Å²) >= 11 is 0. The topological polar surface area (TPSA) is 79.4 Å². The van der Waals surface area contributed by atoms with Gasteiger partial charge < -0.3 is 5.32 Å². The van der Waals surface area contributed by atoms with Gasteiger partial charge >= 0.3 is 0 Å². The summed E-state index contributed by atoms with van der Waals surface area (Å²) in [5.74, 6) is -0.306. The molecule has 0 unspecified atom stereocenters. The number of sulfonamides is 1. The second-order valence-corrected chi connectivity index (χ2v) is 7.10. The van der Waals surface area contributed by atoms with Crippen molar-refractivity contribution in [3.05, 3.63) is 53.9 Å². The van der Waals surface area contributed by atoms with Crippen LogP contribution in [0.5, 0.6) is 0 Å². The SMILES string of the molecule is Cc1cc(NC(=O)c2ccc(S(=O)(=O)N(C)C)cc2)ccn1. The molecular formula is C15H17N3O3S. The van der Waals surface area contributed by atoms with Gasteiger partial charge in [0.2, 0.25) is 10.0 Å². The third kappa shape index (κ3) is 3.49. The fourth-order valence-electron chi connectivity index (χ4n) is 1.82. The van der Waals surface area contributed by atoms with E-state index in [2.05, 4.69) is 10.3 Å². The molecule has 7 heteroatoms. The number of amides is 1. The molecule has 6 nitrogen and oxygen atoms in total. The number of hydrogen-bond acceptors (Lipinski definition) is 4. The summed E-state index contributed by atoms with van der Waals surface area (Å²) in [4.78, 5) is 16.3. The lowest BCUT2D eigenvalue weighted by Crippen LogP contribution is -2.22. The van der Waals surface area contributed by atoms with E-state index in [-0.39, 0.29) is 10.8 Å². The minimum Gasteiger partial charge on any atom is -0.322 e. The van der Waals surface area contributed by atoms with E-state index in [0.29, 0.717) is 11.3 Å². The van der Waals surface area contributed by atoms with E-state index in [4.69, 9.17) is 0 Å². The summed E-state index contributed by atoms with van der Waals surface area (Å²) in [6.07, 6.45) is 1.61. The Bertz CT molecular complexity index is 784. The summed E-state index contributed by atoms with van der Waals surface area (Å²) in [6.45, 7) is 1.83. The zero-order valence-electron chi connectivity index (χ0n) is 12.6. The lowest BCUT2D eigenvalue weighted by atomic mass is 10.2. The first-order valence-electron chi connectivity index (χ1n) is 6.57. The van der Waals surface area contributed by atoms with Crippen LogP contribution in [-0.4, -0.2) is 37.7 Å². The summed E-state index contributed by atoms with van der Waals surface area (Å²) in [7, 11) is -0.570. The van der Waals surface area contributed by atoms with Gasteiger partial charge in [0.05, 0.1) is 4.90 Å². The van der Waals surface area contributed by atoms with Crippen molar-refractivity contribution in [3.8, 4) is 0 Å². The van der Waals surface area contributed by atoms with E-state index >= 15 is 0 Å². The van der Waals surface area contributed by atoms with Gasteiger partial charge in [-0.15, -0.1) is 0 Å². The van der Waals surface area contributed by atoms with Crippen molar-refractivity contribution in [1.29, 1.82) is 0 Å². The van der Waals surface area contributed by atoms with Crippen molar-refractivity contribution >= 4 is 21.6 Å². The minimum absolute atomic E-state index is 0.147. The number of aromatic nitrogens is 1. The summed E-state index contributed by atoms with van der Waals surface area (Å²) in [6, 6.07) is 9.25. The van der Waals surface area contributed by atoms with Gasteiger partial charge in [-0.2, -0.15) is 0 Å². The molecule has 0 aliphatic carbocycles. The van der Waals surface area contributed by atoms with Crippen molar-refractivity contribution in [1.82, 2.24) is 9.29 Å². The Balaban J connectivity index is 2.19. The molecule has 0 spiro atoms. The summed E-state index contributed by atoms with van der Waals surface area (Å²) < 4.78 is 25.0. The number of pyridine rings is 1. The molecule has 1 N–H and O–H groups in total. The maximum Gasteiger partial charge on any atom is 0.255 e. The fourth-order valence-corrected chi connectivity index (χ4v) is 2.72. The number of benzene rings is 1. The number of hydrogen-bond donors (Lipinski definition) is 1. The van der Waals surface area contributed by atoms with E-state index in [1.807, 2.05) is 6.92 Å². The Hall–Kier alpha value is -2.25. The van der Waals surface area contributed by atoms with Crippen LogP contribution >= 0.6 is 0 Å².